The Kier molecular flexibility index (Phi) is 20.3. The molecular formula is C7H15Sn. The smallest absolute Gasteiger partial charge is 0 e. The summed E-state index contributed by atoms with van der Waals surface area (Å²) in [5.74, 6) is 0. The van der Waals surface area contributed by atoms with Crippen LogP contribution in [-0.2, 0) is 0 Å². The van der Waals surface area contributed by atoms with Gasteiger partial charge in [-0.1, -0.05) is 33.1 Å². The maximum Gasteiger partial charge on any atom is 0 e. The van der Waals surface area contributed by atoms with E-state index in [2.05, 4.69) is 12.2 Å². The molecule has 8 heavy (non-hydrogen) atoms. The second-order valence-electron chi connectivity index (χ2n) is 1.00. The second kappa shape index (κ2) is 10.3. The zero-order valence-electron chi connectivity index (χ0n) is 3.44. The normalized spacial score (nSPS) is 11.0. The van der Waals surface area contributed by atoms with Gasteiger partial charge in [0.25, 0.3) is 0 Å². The summed E-state index contributed by atoms with van der Waals surface area (Å²) < 4.78 is 0. The summed E-state index contributed by atoms with van der Waals surface area (Å²) in [6.07, 6.45) is 10.0. The van der Waals surface area contributed by atoms with Crippen molar-refractivity contribution in [2.24, 2.45) is 0 Å². The molecule has 0 spiro atoms. The van der Waals surface area contributed by atoms with E-state index in [0.717, 1.165) is 6.42 Å². The van der Waals surface area contributed by atoms with Crippen molar-refractivity contribution < 1.29 is 1.43 Å². The van der Waals surface area contributed by atoms with Crippen LogP contribution in [0.2, 0.25) is 0 Å². The molecule has 5 radical (unpaired) electrons. The molecule has 0 N–H and O–H groups in total. The minimum atomic E-state index is 0. The molecule has 0 heterocycles. The average Bonchev–Trinajstić information content (AvgIpc) is 1.76. The van der Waals surface area contributed by atoms with E-state index >= 15 is 0 Å². The first-order valence-electron chi connectivity index (χ1n) is 1.72. The molecule has 0 saturated carbocycles. The molecule has 1 heteroatoms. The molecule has 0 bridgehead atoms. The van der Waals surface area contributed by atoms with Crippen LogP contribution < -0.4 is 0 Å². The molecule has 0 aliphatic heterocycles. The van der Waals surface area contributed by atoms with Crippen molar-refractivity contribution >= 4 is 23.9 Å². The van der Waals surface area contributed by atoms with E-state index in [0.29, 0.717) is 0 Å². The van der Waals surface area contributed by atoms with Crippen molar-refractivity contribution in [3.63, 3.8) is 0 Å². The number of hydrogen-bond acceptors (Lipinski definition) is 0. The van der Waals surface area contributed by atoms with Gasteiger partial charge in [0.15, 0.2) is 0 Å². The van der Waals surface area contributed by atoms with Gasteiger partial charge in [0.2, 0.25) is 0 Å². The monoisotopic (exact) mass is 219 g/mol. The molecular weight excluding hydrogens is 203 g/mol. The first-order chi connectivity index (χ1) is 2.50. The van der Waals surface area contributed by atoms with Crippen LogP contribution in [0.5, 0.6) is 0 Å². The molecule has 47 valence electrons. The van der Waals surface area contributed by atoms with Crippen LogP contribution in [0, 0.1) is 6.08 Å². The Balaban J connectivity index is -0.0000000312. The third kappa shape index (κ3) is 6.28. The molecule has 0 nitrogen and oxygen atoms in total. The molecule has 0 aromatic carbocycles. The summed E-state index contributed by atoms with van der Waals surface area (Å²) in [6.45, 7) is 0. The number of rotatable bonds is 0. The molecule has 1 aliphatic carbocycles. The van der Waals surface area contributed by atoms with E-state index in [1.165, 1.54) is 0 Å². The molecule has 0 unspecified atom stereocenters. The molecule has 0 fully saturated rings. The van der Waals surface area contributed by atoms with Crippen LogP contribution in [0.3, 0.4) is 0 Å². The summed E-state index contributed by atoms with van der Waals surface area (Å²) in [4.78, 5) is 0. The van der Waals surface area contributed by atoms with Crippen LogP contribution in [0.1, 0.15) is 22.7 Å². The third-order valence-corrected chi connectivity index (χ3v) is 0.586. The second-order valence-corrected chi connectivity index (χ2v) is 1.00. The molecule has 0 aromatic rings. The van der Waals surface area contributed by atoms with E-state index < -0.39 is 0 Å². The van der Waals surface area contributed by atoms with Gasteiger partial charge in [0, 0.05) is 25.3 Å². The Labute approximate surface area is 71.1 Å². The van der Waals surface area contributed by atoms with Crippen molar-refractivity contribution in [1.29, 1.82) is 0 Å². The fourth-order valence-corrected chi connectivity index (χ4v) is 0.340. The Morgan fingerprint density at radius 2 is 2.00 bits per heavy atom. The average molecular weight is 218 g/mol. The quantitative estimate of drug-likeness (QED) is 0.547. The van der Waals surface area contributed by atoms with Gasteiger partial charge in [-0.05, 0) is 12.5 Å². The first-order valence-corrected chi connectivity index (χ1v) is 1.72. The van der Waals surface area contributed by atoms with Gasteiger partial charge in [-0.2, -0.15) is 0 Å². The largest absolute Gasteiger partial charge is 0.0801 e. The topological polar surface area (TPSA) is 0 Å². The fourth-order valence-electron chi connectivity index (χ4n) is 0.340. The summed E-state index contributed by atoms with van der Waals surface area (Å²) in [6, 6.07) is 0. The van der Waals surface area contributed by atoms with Gasteiger partial charge in [0.1, 0.15) is 0 Å². The van der Waals surface area contributed by atoms with Crippen molar-refractivity contribution in [2.75, 3.05) is 0 Å². The Hall–Kier alpha value is 0.279. The summed E-state index contributed by atoms with van der Waals surface area (Å²) >= 11 is 0. The van der Waals surface area contributed by atoms with E-state index in [-0.39, 0.29) is 40.2 Å². The molecule has 0 aromatic heterocycles. The first kappa shape index (κ1) is 15.7. The van der Waals surface area contributed by atoms with Crippen LogP contribution in [0.15, 0.2) is 18.2 Å². The molecule has 0 amide bonds. The maximum atomic E-state index is 2.99. The van der Waals surface area contributed by atoms with Crippen LogP contribution in [0.4, 0.5) is 0 Å². The molecule has 1 rings (SSSR count). The third-order valence-electron chi connectivity index (χ3n) is 0.586. The zero-order chi connectivity index (χ0) is 3.54. The van der Waals surface area contributed by atoms with Gasteiger partial charge in [-0.15, -0.1) is 0 Å². The fraction of sp³-hybridized carbons (Fsp3) is 0.429. The van der Waals surface area contributed by atoms with Gasteiger partial charge in [-0.25, -0.2) is 0 Å². The van der Waals surface area contributed by atoms with E-state index in [9.17, 15) is 0 Å². The molecule has 0 saturated heterocycles. The van der Waals surface area contributed by atoms with Crippen molar-refractivity contribution in [2.45, 2.75) is 21.3 Å². The van der Waals surface area contributed by atoms with Gasteiger partial charge >= 0.3 is 0 Å². The van der Waals surface area contributed by atoms with E-state index in [4.69, 9.17) is 0 Å². The maximum absolute atomic E-state index is 2.99. The van der Waals surface area contributed by atoms with Crippen LogP contribution in [-0.4, -0.2) is 23.9 Å². The number of hydrogen-bond donors (Lipinski definition) is 0. The standard InChI is InChI=1S/C5H5.2CH4.Sn.H2/c1-2-4-5-3-1;;;;/h1-3H,4H2;2*1H4;;1H. The van der Waals surface area contributed by atoms with Crippen molar-refractivity contribution in [1.82, 2.24) is 0 Å². The predicted molar refractivity (Wildman–Crippen MR) is 42.9 cm³/mol. The minimum absolute atomic E-state index is 0. The van der Waals surface area contributed by atoms with Crippen molar-refractivity contribution in [3.05, 3.63) is 24.3 Å². The zero-order valence-corrected chi connectivity index (χ0v) is 6.29. The van der Waals surface area contributed by atoms with Crippen molar-refractivity contribution in [3.8, 4) is 0 Å². The van der Waals surface area contributed by atoms with E-state index in [1.54, 1.807) is 0 Å². The minimum Gasteiger partial charge on any atom is -0.0801 e. The van der Waals surface area contributed by atoms with E-state index in [1.807, 2.05) is 12.2 Å². The molecule has 0 atom stereocenters. The summed E-state index contributed by atoms with van der Waals surface area (Å²) in [5.41, 5.74) is 0. The Bertz CT molecular complexity index is 67.0. The summed E-state index contributed by atoms with van der Waals surface area (Å²) in [5, 5.41) is 0. The Morgan fingerprint density at radius 3 is 2.12 bits per heavy atom. The van der Waals surface area contributed by atoms with Gasteiger partial charge in [-0.3, -0.25) is 0 Å². The van der Waals surface area contributed by atoms with Crippen LogP contribution >= 0.6 is 0 Å². The SMILES string of the molecule is C.C.[C]1=CC=CC1.[HH].[Sn]. The molecule has 1 aliphatic rings. The number of allylic oxidation sites excluding steroid dienone is 4. The van der Waals surface area contributed by atoms with Gasteiger partial charge in [0.05, 0.1) is 0 Å². The van der Waals surface area contributed by atoms with Gasteiger partial charge < -0.3 is 0 Å². The van der Waals surface area contributed by atoms with Crippen LogP contribution in [0.25, 0.3) is 0 Å². The predicted octanol–water partition coefficient (Wildman–Crippen LogP) is 2.44. The summed E-state index contributed by atoms with van der Waals surface area (Å²) in [7, 11) is 0. The Morgan fingerprint density at radius 1 is 1.38 bits per heavy atom.